The Hall–Kier alpha value is -2.28. The molecule has 1 aromatic carbocycles. The monoisotopic (exact) mass is 290 g/mol. The van der Waals surface area contributed by atoms with Gasteiger partial charge < -0.3 is 9.84 Å². The predicted octanol–water partition coefficient (Wildman–Crippen LogP) is 1.56. The summed E-state index contributed by atoms with van der Waals surface area (Å²) in [5.74, 6) is 0.888. The minimum Gasteiger partial charge on any atom is -0.339 e. The number of aromatic nitrogens is 2. The van der Waals surface area contributed by atoms with E-state index in [1.54, 1.807) is 19.1 Å². The van der Waals surface area contributed by atoms with Gasteiger partial charge in [-0.25, -0.2) is 4.39 Å². The first kappa shape index (κ1) is 13.7. The van der Waals surface area contributed by atoms with Crippen LogP contribution < -0.4 is 5.32 Å². The van der Waals surface area contributed by atoms with Crippen LogP contribution in [0.25, 0.3) is 0 Å². The molecule has 1 aliphatic heterocycles. The summed E-state index contributed by atoms with van der Waals surface area (Å²) < 4.78 is 18.1. The van der Waals surface area contributed by atoms with Crippen LogP contribution in [0.2, 0.25) is 0 Å². The van der Waals surface area contributed by atoms with Gasteiger partial charge in [0.25, 0.3) is 0 Å². The van der Waals surface area contributed by atoms with E-state index in [0.29, 0.717) is 30.5 Å². The zero-order valence-electron chi connectivity index (χ0n) is 11.5. The molecule has 1 aliphatic rings. The molecular weight excluding hydrogens is 275 g/mol. The Kier molecular flexibility index (Phi) is 3.66. The Morgan fingerprint density at radius 2 is 2.33 bits per heavy atom. The molecule has 0 radical (unpaired) electrons. The van der Waals surface area contributed by atoms with E-state index in [9.17, 15) is 9.18 Å². The number of anilines is 1. The average molecular weight is 290 g/mol. The summed E-state index contributed by atoms with van der Waals surface area (Å²) in [6.07, 6.45) is 0. The van der Waals surface area contributed by atoms with E-state index in [-0.39, 0.29) is 24.2 Å². The van der Waals surface area contributed by atoms with Crippen LogP contribution in [0.15, 0.2) is 28.8 Å². The number of carbonyl (C=O) groups is 1. The van der Waals surface area contributed by atoms with Crippen molar-refractivity contribution < 1.29 is 13.7 Å². The number of likely N-dealkylation sites (tertiary alicyclic amines) is 1. The molecule has 0 atom stereocenters. The van der Waals surface area contributed by atoms with Crippen molar-refractivity contribution in [3.05, 3.63) is 41.8 Å². The van der Waals surface area contributed by atoms with Crippen LogP contribution in [0.1, 0.15) is 17.6 Å². The molecule has 0 spiro atoms. The normalized spacial score (nSPS) is 15.7. The molecule has 110 valence electrons. The second-order valence-electron chi connectivity index (χ2n) is 5.13. The van der Waals surface area contributed by atoms with E-state index < -0.39 is 0 Å². The first-order chi connectivity index (χ1) is 10.1. The highest BCUT2D eigenvalue weighted by Gasteiger charge is 2.33. The Bertz CT molecular complexity index is 652. The Morgan fingerprint density at radius 3 is 3.00 bits per heavy atom. The molecule has 0 aliphatic carbocycles. The van der Waals surface area contributed by atoms with Gasteiger partial charge in [0, 0.05) is 18.8 Å². The quantitative estimate of drug-likeness (QED) is 0.925. The largest absolute Gasteiger partial charge is 0.339 e. The first-order valence-electron chi connectivity index (χ1n) is 6.68. The summed E-state index contributed by atoms with van der Waals surface area (Å²) in [6.45, 7) is 3.45. The second-order valence-corrected chi connectivity index (χ2v) is 5.13. The van der Waals surface area contributed by atoms with Gasteiger partial charge in [0.2, 0.25) is 11.8 Å². The fourth-order valence-electron chi connectivity index (χ4n) is 2.30. The molecule has 0 bridgehead atoms. The highest BCUT2D eigenvalue weighted by molar-refractivity contribution is 5.92. The number of nitrogens with zero attached hydrogens (tertiary/aromatic N) is 3. The summed E-state index contributed by atoms with van der Waals surface area (Å²) in [5, 5.41) is 6.42. The lowest BCUT2D eigenvalue weighted by atomic mass is 10.0. The zero-order valence-corrected chi connectivity index (χ0v) is 11.5. The van der Waals surface area contributed by atoms with E-state index in [2.05, 4.69) is 15.5 Å². The molecule has 1 saturated heterocycles. The van der Waals surface area contributed by atoms with Gasteiger partial charge in [-0.3, -0.25) is 9.69 Å². The lowest BCUT2D eigenvalue weighted by Crippen LogP contribution is -2.48. The first-order valence-corrected chi connectivity index (χ1v) is 6.68. The smallest absolute Gasteiger partial charge is 0.238 e. The van der Waals surface area contributed by atoms with E-state index in [0.717, 1.165) is 0 Å². The fraction of sp³-hybridized carbons (Fsp3) is 0.357. The third-order valence-corrected chi connectivity index (χ3v) is 3.33. The summed E-state index contributed by atoms with van der Waals surface area (Å²) in [7, 11) is 0. The summed E-state index contributed by atoms with van der Waals surface area (Å²) in [4.78, 5) is 18.0. The molecule has 2 aromatic rings. The average Bonchev–Trinajstić information content (AvgIpc) is 2.79. The number of carbonyl (C=O) groups excluding carboxylic acids is 1. The predicted molar refractivity (Wildman–Crippen MR) is 73.2 cm³/mol. The number of nitrogens with one attached hydrogen (secondary N) is 1. The molecule has 21 heavy (non-hydrogen) atoms. The molecule has 2 heterocycles. The van der Waals surface area contributed by atoms with Crippen LogP contribution in [0.4, 0.5) is 10.1 Å². The van der Waals surface area contributed by atoms with E-state index in [4.69, 9.17) is 4.52 Å². The van der Waals surface area contributed by atoms with Gasteiger partial charge in [-0.2, -0.15) is 4.98 Å². The van der Waals surface area contributed by atoms with Crippen molar-refractivity contribution >= 4 is 11.6 Å². The molecule has 1 fully saturated rings. The number of halogens is 1. The van der Waals surface area contributed by atoms with Gasteiger partial charge in [0.15, 0.2) is 5.82 Å². The minimum atomic E-state index is -0.372. The van der Waals surface area contributed by atoms with Crippen molar-refractivity contribution in [1.29, 1.82) is 0 Å². The molecule has 1 amide bonds. The van der Waals surface area contributed by atoms with Crippen molar-refractivity contribution in [1.82, 2.24) is 15.0 Å². The number of hydrogen-bond acceptors (Lipinski definition) is 5. The second kappa shape index (κ2) is 5.61. The molecule has 1 aromatic heterocycles. The third kappa shape index (κ3) is 3.25. The third-order valence-electron chi connectivity index (χ3n) is 3.33. The lowest BCUT2D eigenvalue weighted by molar-refractivity contribution is -0.118. The van der Waals surface area contributed by atoms with Crippen LogP contribution in [-0.4, -0.2) is 40.6 Å². The molecule has 0 unspecified atom stereocenters. The van der Waals surface area contributed by atoms with Gasteiger partial charge in [-0.1, -0.05) is 11.2 Å². The van der Waals surface area contributed by atoms with Gasteiger partial charge in [0.05, 0.1) is 12.5 Å². The Balaban J connectivity index is 1.47. The van der Waals surface area contributed by atoms with Crippen LogP contribution in [0, 0.1) is 12.7 Å². The summed E-state index contributed by atoms with van der Waals surface area (Å²) in [5.41, 5.74) is 0.463. The highest BCUT2D eigenvalue weighted by atomic mass is 19.1. The lowest BCUT2D eigenvalue weighted by Gasteiger charge is -2.36. The van der Waals surface area contributed by atoms with Gasteiger partial charge in [-0.15, -0.1) is 0 Å². The highest BCUT2D eigenvalue weighted by Crippen LogP contribution is 2.25. The number of hydrogen-bond donors (Lipinski definition) is 1. The summed E-state index contributed by atoms with van der Waals surface area (Å²) in [6, 6.07) is 5.84. The fourth-order valence-corrected chi connectivity index (χ4v) is 2.30. The Morgan fingerprint density at radius 1 is 1.52 bits per heavy atom. The maximum atomic E-state index is 13.0. The van der Waals surface area contributed by atoms with E-state index >= 15 is 0 Å². The van der Waals surface area contributed by atoms with Crippen LogP contribution in [0.5, 0.6) is 0 Å². The van der Waals surface area contributed by atoms with E-state index in [1.165, 1.54) is 12.1 Å². The zero-order chi connectivity index (χ0) is 14.8. The van der Waals surface area contributed by atoms with E-state index in [1.807, 2.05) is 4.90 Å². The topological polar surface area (TPSA) is 71.3 Å². The van der Waals surface area contributed by atoms with Crippen molar-refractivity contribution in [2.75, 3.05) is 25.0 Å². The van der Waals surface area contributed by atoms with Crippen molar-refractivity contribution in [2.45, 2.75) is 12.8 Å². The standard InChI is InChI=1S/C14H15FN4O2/c1-9-16-14(21-18-9)10-6-19(7-10)8-13(20)17-12-4-2-3-11(15)5-12/h2-5,10H,6-8H2,1H3,(H,17,20). The molecule has 1 N–H and O–H groups in total. The maximum absolute atomic E-state index is 13.0. The van der Waals surface area contributed by atoms with Crippen molar-refractivity contribution in [3.8, 4) is 0 Å². The Labute approximate surface area is 120 Å². The van der Waals surface area contributed by atoms with Crippen LogP contribution >= 0.6 is 0 Å². The SMILES string of the molecule is Cc1noc(C2CN(CC(=O)Nc3cccc(F)c3)C2)n1. The maximum Gasteiger partial charge on any atom is 0.238 e. The van der Waals surface area contributed by atoms with Gasteiger partial charge in [0.1, 0.15) is 5.82 Å². The van der Waals surface area contributed by atoms with Crippen molar-refractivity contribution in [2.24, 2.45) is 0 Å². The number of benzene rings is 1. The van der Waals surface area contributed by atoms with Gasteiger partial charge in [-0.05, 0) is 25.1 Å². The van der Waals surface area contributed by atoms with Crippen LogP contribution in [-0.2, 0) is 4.79 Å². The number of rotatable bonds is 4. The summed E-state index contributed by atoms with van der Waals surface area (Å²) >= 11 is 0. The molecule has 6 nitrogen and oxygen atoms in total. The molecular formula is C14H15FN4O2. The van der Waals surface area contributed by atoms with Crippen molar-refractivity contribution in [3.63, 3.8) is 0 Å². The van der Waals surface area contributed by atoms with Crippen LogP contribution in [0.3, 0.4) is 0 Å². The number of aryl methyl sites for hydroxylation is 1. The number of amides is 1. The minimum absolute atomic E-state index is 0.166. The molecule has 0 saturated carbocycles. The van der Waals surface area contributed by atoms with Gasteiger partial charge >= 0.3 is 0 Å². The molecule has 3 rings (SSSR count). The molecule has 7 heteroatoms.